The van der Waals surface area contributed by atoms with Gasteiger partial charge in [-0.2, -0.15) is 0 Å². The van der Waals surface area contributed by atoms with Gasteiger partial charge in [0.05, 0.1) is 9.82 Å². The molecule has 100 valence electrons. The summed E-state index contributed by atoms with van der Waals surface area (Å²) in [5.74, 6) is 0. The van der Waals surface area contributed by atoms with Gasteiger partial charge in [0.25, 0.3) is 21.2 Å². The minimum atomic E-state index is -4.48. The van der Waals surface area contributed by atoms with Crippen molar-refractivity contribution in [2.75, 3.05) is 0 Å². The van der Waals surface area contributed by atoms with Crippen LogP contribution in [0, 0.1) is 10.1 Å². The van der Waals surface area contributed by atoms with Crippen LogP contribution in [0.5, 0.6) is 0 Å². The Bertz CT molecular complexity index is 588. The zero-order valence-electron chi connectivity index (χ0n) is 9.06. The van der Waals surface area contributed by atoms with Gasteiger partial charge in [0.1, 0.15) is 0 Å². The summed E-state index contributed by atoms with van der Waals surface area (Å²) in [6, 6.07) is 1.47. The lowest BCUT2D eigenvalue weighted by Gasteiger charge is -2.11. The molecule has 0 aliphatic carbocycles. The number of non-ortho nitro benzene ring substituents is 1. The van der Waals surface area contributed by atoms with E-state index in [0.29, 0.717) is 6.07 Å². The normalized spacial score (nSPS) is 11.8. The highest BCUT2D eigenvalue weighted by molar-refractivity contribution is 8.13. The third-order valence-electron chi connectivity index (χ3n) is 2.29. The van der Waals surface area contributed by atoms with Crippen molar-refractivity contribution in [3.8, 4) is 0 Å². The Kier molecular flexibility index (Phi) is 4.23. The number of nitrogens with zero attached hydrogens (tertiary/aromatic N) is 1. The highest BCUT2D eigenvalue weighted by atomic mass is 35.7. The highest BCUT2D eigenvalue weighted by Crippen LogP contribution is 2.35. The van der Waals surface area contributed by atoms with Crippen LogP contribution in [0.3, 0.4) is 0 Å². The predicted molar refractivity (Wildman–Crippen MR) is 60.5 cm³/mol. The van der Waals surface area contributed by atoms with E-state index in [9.17, 15) is 27.3 Å². The lowest BCUT2D eigenvalue weighted by atomic mass is 10.0. The van der Waals surface area contributed by atoms with E-state index in [0.717, 1.165) is 6.07 Å². The molecule has 1 aromatic rings. The Hall–Kier alpha value is -1.28. The van der Waals surface area contributed by atoms with Crippen molar-refractivity contribution >= 4 is 25.4 Å². The first-order valence-corrected chi connectivity index (χ1v) is 7.03. The summed E-state index contributed by atoms with van der Waals surface area (Å²) >= 11 is 0. The molecule has 18 heavy (non-hydrogen) atoms. The van der Waals surface area contributed by atoms with Crippen molar-refractivity contribution in [1.82, 2.24) is 0 Å². The van der Waals surface area contributed by atoms with Crippen LogP contribution < -0.4 is 0 Å². The predicted octanol–water partition coefficient (Wildman–Crippen LogP) is 3.02. The summed E-state index contributed by atoms with van der Waals surface area (Å²) in [6.07, 6.45) is -3.05. The van der Waals surface area contributed by atoms with E-state index in [1.807, 2.05) is 0 Å². The van der Waals surface area contributed by atoms with Gasteiger partial charge in [-0.3, -0.25) is 10.1 Å². The molecule has 9 heteroatoms. The van der Waals surface area contributed by atoms with Gasteiger partial charge in [0.15, 0.2) is 0 Å². The van der Waals surface area contributed by atoms with Crippen LogP contribution in [0.4, 0.5) is 14.5 Å². The Morgan fingerprint density at radius 3 is 2.33 bits per heavy atom. The molecule has 0 bridgehead atoms. The molecule has 0 fully saturated rings. The zero-order chi connectivity index (χ0) is 14.1. The molecule has 1 aromatic carbocycles. The molecular weight excluding hydrogens is 292 g/mol. The maximum atomic E-state index is 12.8. The number of hydrogen-bond acceptors (Lipinski definition) is 4. The molecule has 0 unspecified atom stereocenters. The van der Waals surface area contributed by atoms with Gasteiger partial charge >= 0.3 is 0 Å². The molecule has 0 heterocycles. The van der Waals surface area contributed by atoms with Crippen molar-refractivity contribution in [3.63, 3.8) is 0 Å². The van der Waals surface area contributed by atoms with Crippen molar-refractivity contribution < 1.29 is 22.1 Å². The van der Waals surface area contributed by atoms with Gasteiger partial charge in [-0.05, 0) is 12.0 Å². The second-order valence-corrected chi connectivity index (χ2v) is 5.90. The number of halogens is 3. The molecule has 0 aromatic heterocycles. The van der Waals surface area contributed by atoms with Crippen molar-refractivity contribution in [2.45, 2.75) is 24.7 Å². The summed E-state index contributed by atoms with van der Waals surface area (Å²) in [5.41, 5.74) is -1.48. The Labute approximate surface area is 106 Å². The number of rotatable bonds is 4. The van der Waals surface area contributed by atoms with Gasteiger partial charge in [-0.15, -0.1) is 0 Å². The first-order valence-electron chi connectivity index (χ1n) is 4.72. The monoisotopic (exact) mass is 299 g/mol. The smallest absolute Gasteiger partial charge is 0.258 e. The number of nitro benzene ring substituents is 1. The molecule has 0 spiro atoms. The van der Waals surface area contributed by atoms with Crippen LogP contribution in [0.1, 0.15) is 24.5 Å². The molecule has 0 saturated heterocycles. The van der Waals surface area contributed by atoms with Gasteiger partial charge in [0.2, 0.25) is 0 Å². The fraction of sp³-hybridized carbons (Fsp3) is 0.333. The molecule has 0 aliphatic heterocycles. The van der Waals surface area contributed by atoms with Crippen LogP contribution in [0.2, 0.25) is 0 Å². The number of alkyl halides is 2. The number of benzene rings is 1. The third-order valence-corrected chi connectivity index (χ3v) is 3.65. The average molecular weight is 300 g/mol. The summed E-state index contributed by atoms with van der Waals surface area (Å²) < 4.78 is 48.1. The molecule has 1 rings (SSSR count). The van der Waals surface area contributed by atoms with Crippen LogP contribution in [-0.2, 0) is 15.5 Å². The van der Waals surface area contributed by atoms with Crippen LogP contribution in [-0.4, -0.2) is 13.3 Å². The van der Waals surface area contributed by atoms with Gasteiger partial charge < -0.3 is 0 Å². The van der Waals surface area contributed by atoms with E-state index in [2.05, 4.69) is 0 Å². The summed E-state index contributed by atoms with van der Waals surface area (Å²) in [6.45, 7) is 1.48. The maximum Gasteiger partial charge on any atom is 0.271 e. The molecule has 5 nitrogen and oxygen atoms in total. The lowest BCUT2D eigenvalue weighted by molar-refractivity contribution is -0.385. The van der Waals surface area contributed by atoms with Crippen molar-refractivity contribution in [1.29, 1.82) is 0 Å². The molecular formula is C9H8ClF2NO4S. The summed E-state index contributed by atoms with van der Waals surface area (Å²) in [7, 11) is 0.550. The molecule has 0 N–H and O–H groups in total. The number of aryl methyl sites for hydroxylation is 1. The maximum absolute atomic E-state index is 12.8. The quantitative estimate of drug-likeness (QED) is 0.486. The minimum Gasteiger partial charge on any atom is -0.258 e. The lowest BCUT2D eigenvalue weighted by Crippen LogP contribution is -2.05. The fourth-order valence-corrected chi connectivity index (χ4v) is 2.64. The molecule has 0 aliphatic rings. The Morgan fingerprint density at radius 1 is 1.44 bits per heavy atom. The minimum absolute atomic E-state index is 0.0285. The number of nitro groups is 1. The Morgan fingerprint density at radius 2 is 2.00 bits per heavy atom. The highest BCUT2D eigenvalue weighted by Gasteiger charge is 2.28. The fourth-order valence-electron chi connectivity index (χ4n) is 1.52. The van der Waals surface area contributed by atoms with Crippen LogP contribution in [0.15, 0.2) is 17.0 Å². The Balaban J connectivity index is 3.74. The average Bonchev–Trinajstić information content (AvgIpc) is 2.25. The summed E-state index contributed by atoms with van der Waals surface area (Å²) in [4.78, 5) is 8.84. The first kappa shape index (κ1) is 14.8. The van der Waals surface area contributed by atoms with Gasteiger partial charge in [-0.25, -0.2) is 17.2 Å². The molecule has 0 saturated carbocycles. The molecule has 0 radical (unpaired) electrons. The largest absolute Gasteiger partial charge is 0.271 e. The first-order chi connectivity index (χ1) is 8.18. The van der Waals surface area contributed by atoms with E-state index >= 15 is 0 Å². The molecule has 0 atom stereocenters. The second kappa shape index (κ2) is 5.15. The van der Waals surface area contributed by atoms with Crippen molar-refractivity contribution in [3.05, 3.63) is 33.4 Å². The van der Waals surface area contributed by atoms with E-state index in [1.54, 1.807) is 0 Å². The zero-order valence-corrected chi connectivity index (χ0v) is 10.6. The van der Waals surface area contributed by atoms with Crippen molar-refractivity contribution in [2.24, 2.45) is 0 Å². The SMILES string of the molecule is CCc1cc([N+](=O)[O-])cc(S(=O)(=O)Cl)c1C(F)F. The van der Waals surface area contributed by atoms with E-state index < -0.39 is 36.5 Å². The molecule has 0 amide bonds. The topological polar surface area (TPSA) is 77.3 Å². The van der Waals surface area contributed by atoms with E-state index in [4.69, 9.17) is 10.7 Å². The van der Waals surface area contributed by atoms with E-state index in [-0.39, 0.29) is 12.0 Å². The second-order valence-electron chi connectivity index (χ2n) is 3.37. The number of hydrogen-bond donors (Lipinski definition) is 0. The third kappa shape index (κ3) is 2.94. The standard InChI is InChI=1S/C9H8ClF2NO4S/c1-2-5-3-6(13(14)15)4-7(18(10,16)17)8(5)9(11)12/h3-4,9H,2H2,1H3. The van der Waals surface area contributed by atoms with E-state index in [1.165, 1.54) is 6.92 Å². The van der Waals surface area contributed by atoms with Crippen LogP contribution >= 0.6 is 10.7 Å². The van der Waals surface area contributed by atoms with Crippen LogP contribution in [0.25, 0.3) is 0 Å². The van der Waals surface area contributed by atoms with Gasteiger partial charge in [-0.1, -0.05) is 6.92 Å². The van der Waals surface area contributed by atoms with Gasteiger partial charge in [0, 0.05) is 28.4 Å². The summed E-state index contributed by atoms with van der Waals surface area (Å²) in [5, 5.41) is 10.6.